The molecule has 0 heterocycles. The summed E-state index contributed by atoms with van der Waals surface area (Å²) >= 11 is 0. The van der Waals surface area contributed by atoms with Crippen molar-refractivity contribution in [2.75, 3.05) is 11.9 Å². The van der Waals surface area contributed by atoms with Gasteiger partial charge in [0.2, 0.25) is 5.91 Å². The molecule has 0 aliphatic heterocycles. The first-order chi connectivity index (χ1) is 9.79. The first-order valence-electron chi connectivity index (χ1n) is 6.70. The van der Waals surface area contributed by atoms with Crippen molar-refractivity contribution < 1.29 is 22.7 Å². The molecule has 0 saturated heterocycles. The molecule has 1 unspecified atom stereocenters. The van der Waals surface area contributed by atoms with Crippen molar-refractivity contribution >= 4 is 11.6 Å². The molecule has 1 atom stereocenters. The third-order valence-corrected chi connectivity index (χ3v) is 2.80. The van der Waals surface area contributed by atoms with Gasteiger partial charge in [0.1, 0.15) is 5.75 Å². The number of amides is 1. The molecule has 7 heteroatoms. The normalized spacial score (nSPS) is 12.9. The minimum Gasteiger partial charge on any atom is -0.492 e. The molecule has 1 rings (SSSR count). The number of hydrogen-bond donors (Lipinski definition) is 2. The highest BCUT2D eigenvalue weighted by molar-refractivity contribution is 5.96. The van der Waals surface area contributed by atoms with E-state index in [1.165, 1.54) is 6.07 Å². The van der Waals surface area contributed by atoms with Gasteiger partial charge in [-0.2, -0.15) is 13.2 Å². The number of nitrogens with two attached hydrogens (primary N) is 1. The first kappa shape index (κ1) is 17.3. The molecule has 0 aliphatic rings. The smallest absolute Gasteiger partial charge is 0.416 e. The number of hydrogen-bond acceptors (Lipinski definition) is 3. The van der Waals surface area contributed by atoms with Crippen LogP contribution in [0, 0.1) is 0 Å². The number of halogens is 3. The van der Waals surface area contributed by atoms with E-state index in [0.29, 0.717) is 12.8 Å². The Hall–Kier alpha value is -1.76. The van der Waals surface area contributed by atoms with Gasteiger partial charge < -0.3 is 15.8 Å². The van der Waals surface area contributed by atoms with Crippen molar-refractivity contribution in [3.63, 3.8) is 0 Å². The minimum absolute atomic E-state index is 0.0248. The fraction of sp³-hybridized carbons (Fsp3) is 0.500. The molecule has 0 radical (unpaired) electrons. The van der Waals surface area contributed by atoms with E-state index < -0.39 is 23.7 Å². The van der Waals surface area contributed by atoms with Gasteiger partial charge in [-0.3, -0.25) is 4.79 Å². The van der Waals surface area contributed by atoms with E-state index in [1.54, 1.807) is 6.92 Å². The van der Waals surface area contributed by atoms with Gasteiger partial charge in [-0.25, -0.2) is 0 Å². The Morgan fingerprint density at radius 2 is 2.05 bits per heavy atom. The molecule has 21 heavy (non-hydrogen) atoms. The molecule has 0 aliphatic carbocycles. The molecule has 0 aromatic heterocycles. The number of nitrogens with one attached hydrogen (secondary N) is 1. The zero-order valence-corrected chi connectivity index (χ0v) is 12.0. The van der Waals surface area contributed by atoms with E-state index in [1.807, 2.05) is 6.92 Å². The van der Waals surface area contributed by atoms with Crippen molar-refractivity contribution in [3.05, 3.63) is 23.8 Å². The van der Waals surface area contributed by atoms with Crippen LogP contribution < -0.4 is 15.8 Å². The molecule has 0 spiro atoms. The van der Waals surface area contributed by atoms with Crippen LogP contribution in [0.25, 0.3) is 0 Å². The Labute approximate surface area is 121 Å². The van der Waals surface area contributed by atoms with Gasteiger partial charge in [-0.05, 0) is 31.5 Å². The largest absolute Gasteiger partial charge is 0.492 e. The van der Waals surface area contributed by atoms with Gasteiger partial charge in [0.25, 0.3) is 0 Å². The predicted molar refractivity (Wildman–Crippen MR) is 74.1 cm³/mol. The molecule has 4 nitrogen and oxygen atoms in total. The summed E-state index contributed by atoms with van der Waals surface area (Å²) in [6.45, 7) is 3.84. The van der Waals surface area contributed by atoms with Crippen LogP contribution in [0.2, 0.25) is 0 Å². The van der Waals surface area contributed by atoms with Crippen LogP contribution in [0.15, 0.2) is 18.2 Å². The number of anilines is 1. The van der Waals surface area contributed by atoms with E-state index in [2.05, 4.69) is 5.32 Å². The molecular formula is C14H19F3N2O2. The number of benzene rings is 1. The maximum atomic E-state index is 12.7. The number of carbonyl (C=O) groups excluding carboxylic acids is 1. The highest BCUT2D eigenvalue weighted by Gasteiger charge is 2.31. The van der Waals surface area contributed by atoms with Gasteiger partial charge in [-0.15, -0.1) is 0 Å². The van der Waals surface area contributed by atoms with E-state index in [-0.39, 0.29) is 18.0 Å². The molecular weight excluding hydrogens is 285 g/mol. The summed E-state index contributed by atoms with van der Waals surface area (Å²) in [6.07, 6.45) is -3.33. The maximum Gasteiger partial charge on any atom is 0.416 e. The highest BCUT2D eigenvalue weighted by Crippen LogP contribution is 2.35. The fourth-order valence-electron chi connectivity index (χ4n) is 1.75. The lowest BCUT2D eigenvalue weighted by atomic mass is 10.1. The van der Waals surface area contributed by atoms with Crippen LogP contribution in [0.5, 0.6) is 5.75 Å². The van der Waals surface area contributed by atoms with Gasteiger partial charge in [0.15, 0.2) is 0 Å². The van der Waals surface area contributed by atoms with Gasteiger partial charge >= 0.3 is 6.18 Å². The Balaban J connectivity index is 3.03. The second-order valence-electron chi connectivity index (χ2n) is 4.53. The molecule has 3 N–H and O–H groups in total. The topological polar surface area (TPSA) is 64.4 Å². The molecule has 1 aromatic carbocycles. The van der Waals surface area contributed by atoms with Crippen molar-refractivity contribution in [2.45, 2.75) is 38.9 Å². The lowest BCUT2D eigenvalue weighted by molar-refractivity contribution is -0.137. The summed E-state index contributed by atoms with van der Waals surface area (Å²) in [5.41, 5.74) is 4.77. The van der Waals surface area contributed by atoms with Gasteiger partial charge in [0.05, 0.1) is 23.9 Å². The summed E-state index contributed by atoms with van der Waals surface area (Å²) in [6, 6.07) is 2.18. The quantitative estimate of drug-likeness (QED) is 0.848. The number of ether oxygens (including phenoxy) is 1. The molecule has 1 aromatic rings. The summed E-state index contributed by atoms with van der Waals surface area (Å²) in [4.78, 5) is 11.8. The maximum absolute atomic E-state index is 12.7. The SMILES string of the molecule is CCCC(N)C(=O)Nc1cc(C(F)(F)F)ccc1OCC. The van der Waals surface area contributed by atoms with Crippen molar-refractivity contribution in [2.24, 2.45) is 5.73 Å². The van der Waals surface area contributed by atoms with Crippen LogP contribution in [-0.2, 0) is 11.0 Å². The molecule has 0 saturated carbocycles. The predicted octanol–water partition coefficient (Wildman–Crippen LogP) is 3.17. The Morgan fingerprint density at radius 1 is 1.38 bits per heavy atom. The monoisotopic (exact) mass is 304 g/mol. The number of rotatable bonds is 6. The fourth-order valence-corrected chi connectivity index (χ4v) is 1.75. The summed E-state index contributed by atoms with van der Waals surface area (Å²) in [5, 5.41) is 2.40. The number of carbonyl (C=O) groups is 1. The van der Waals surface area contributed by atoms with Crippen LogP contribution >= 0.6 is 0 Å². The Morgan fingerprint density at radius 3 is 2.57 bits per heavy atom. The Bertz CT molecular complexity index is 490. The van der Waals surface area contributed by atoms with Crippen LogP contribution in [0.4, 0.5) is 18.9 Å². The summed E-state index contributed by atoms with van der Waals surface area (Å²) < 4.78 is 43.4. The average molecular weight is 304 g/mol. The Kier molecular flexibility index (Phi) is 6.02. The molecule has 118 valence electrons. The van der Waals surface area contributed by atoms with Crippen molar-refractivity contribution in [1.82, 2.24) is 0 Å². The van der Waals surface area contributed by atoms with Crippen LogP contribution in [0.1, 0.15) is 32.3 Å². The second kappa shape index (κ2) is 7.31. The third kappa shape index (κ3) is 4.93. The van der Waals surface area contributed by atoms with Gasteiger partial charge in [-0.1, -0.05) is 13.3 Å². The van der Waals surface area contributed by atoms with E-state index >= 15 is 0 Å². The summed E-state index contributed by atoms with van der Waals surface area (Å²) in [7, 11) is 0. The highest BCUT2D eigenvalue weighted by atomic mass is 19.4. The van der Waals surface area contributed by atoms with Gasteiger partial charge in [0, 0.05) is 0 Å². The van der Waals surface area contributed by atoms with E-state index in [0.717, 1.165) is 12.1 Å². The van der Waals surface area contributed by atoms with Crippen LogP contribution in [-0.4, -0.2) is 18.6 Å². The lowest BCUT2D eigenvalue weighted by Gasteiger charge is -2.16. The van der Waals surface area contributed by atoms with Crippen molar-refractivity contribution in [1.29, 1.82) is 0 Å². The lowest BCUT2D eigenvalue weighted by Crippen LogP contribution is -2.35. The molecule has 1 amide bonds. The minimum atomic E-state index is -4.49. The zero-order chi connectivity index (χ0) is 16.0. The van der Waals surface area contributed by atoms with E-state index in [4.69, 9.17) is 10.5 Å². The number of alkyl halides is 3. The van der Waals surface area contributed by atoms with Crippen molar-refractivity contribution in [3.8, 4) is 5.75 Å². The molecule has 0 bridgehead atoms. The molecule has 0 fully saturated rings. The first-order valence-corrected chi connectivity index (χ1v) is 6.70. The summed E-state index contributed by atoms with van der Waals surface area (Å²) in [5.74, 6) is -0.348. The second-order valence-corrected chi connectivity index (χ2v) is 4.53. The third-order valence-electron chi connectivity index (χ3n) is 2.80. The van der Waals surface area contributed by atoms with Crippen LogP contribution in [0.3, 0.4) is 0 Å². The zero-order valence-electron chi connectivity index (χ0n) is 12.0. The van der Waals surface area contributed by atoms with E-state index in [9.17, 15) is 18.0 Å². The average Bonchev–Trinajstić information content (AvgIpc) is 2.40. The standard InChI is InChI=1S/C14H19F3N2O2/c1-3-5-10(18)13(20)19-11-8-9(14(15,16)17)6-7-12(11)21-4-2/h6-8,10H,3-5,18H2,1-2H3,(H,19,20).